The van der Waals surface area contributed by atoms with Crippen LogP contribution in [0.4, 0.5) is 0 Å². The molecule has 1 aliphatic carbocycles. The van der Waals surface area contributed by atoms with Gasteiger partial charge in [-0.2, -0.15) is 0 Å². The van der Waals surface area contributed by atoms with E-state index in [0.717, 1.165) is 17.7 Å². The molecule has 0 bridgehead atoms. The monoisotopic (exact) mass is 167 g/mol. The van der Waals surface area contributed by atoms with Crippen LogP contribution in [0.25, 0.3) is 0 Å². The summed E-state index contributed by atoms with van der Waals surface area (Å²) in [5.74, 6) is 0.118. The predicted octanol–water partition coefficient (Wildman–Crippen LogP) is 1.42. The molecule has 1 saturated carbocycles. The van der Waals surface area contributed by atoms with E-state index in [4.69, 9.17) is 5.73 Å². The van der Waals surface area contributed by atoms with E-state index in [-0.39, 0.29) is 5.78 Å². The van der Waals surface area contributed by atoms with E-state index in [0.29, 0.717) is 0 Å². The molecular formula is C8H9NOS. The van der Waals surface area contributed by atoms with E-state index < -0.39 is 5.54 Å². The van der Waals surface area contributed by atoms with Crippen LogP contribution in [0.3, 0.4) is 0 Å². The lowest BCUT2D eigenvalue weighted by Crippen LogP contribution is -2.32. The molecule has 0 radical (unpaired) electrons. The van der Waals surface area contributed by atoms with Gasteiger partial charge in [-0.3, -0.25) is 4.79 Å². The Morgan fingerprint density at radius 3 is 2.82 bits per heavy atom. The predicted molar refractivity (Wildman–Crippen MR) is 44.8 cm³/mol. The fraction of sp³-hybridized carbons (Fsp3) is 0.375. The van der Waals surface area contributed by atoms with E-state index in [2.05, 4.69) is 0 Å². The molecule has 1 fully saturated rings. The summed E-state index contributed by atoms with van der Waals surface area (Å²) in [5.41, 5.74) is 5.24. The van der Waals surface area contributed by atoms with Gasteiger partial charge in [-0.25, -0.2) is 0 Å². The zero-order valence-electron chi connectivity index (χ0n) is 6.04. The molecule has 11 heavy (non-hydrogen) atoms. The highest BCUT2D eigenvalue weighted by molar-refractivity contribution is 7.12. The second-order valence-corrected chi connectivity index (χ2v) is 3.91. The molecule has 58 valence electrons. The molecule has 0 aromatic carbocycles. The first-order chi connectivity index (χ1) is 5.22. The summed E-state index contributed by atoms with van der Waals surface area (Å²) in [6.07, 6.45) is 1.70. The molecule has 0 aliphatic heterocycles. The summed E-state index contributed by atoms with van der Waals surface area (Å²) in [4.78, 5) is 12.3. The van der Waals surface area contributed by atoms with Crippen molar-refractivity contribution in [3.63, 3.8) is 0 Å². The van der Waals surface area contributed by atoms with Gasteiger partial charge >= 0.3 is 0 Å². The molecule has 2 rings (SSSR count). The number of ketones is 1. The number of carbonyl (C=O) groups is 1. The molecule has 1 aliphatic rings. The van der Waals surface area contributed by atoms with E-state index in [1.54, 1.807) is 0 Å². The zero-order valence-corrected chi connectivity index (χ0v) is 6.86. The number of carbonyl (C=O) groups excluding carboxylic acids is 1. The molecule has 1 heterocycles. The molecule has 1 aromatic heterocycles. The molecule has 0 atom stereocenters. The Morgan fingerprint density at radius 2 is 2.36 bits per heavy atom. The van der Waals surface area contributed by atoms with Gasteiger partial charge in [-0.05, 0) is 24.3 Å². The normalized spacial score (nSPS) is 19.7. The second-order valence-electron chi connectivity index (χ2n) is 2.96. The van der Waals surface area contributed by atoms with Crippen LogP contribution >= 0.6 is 11.3 Å². The van der Waals surface area contributed by atoms with E-state index >= 15 is 0 Å². The minimum Gasteiger partial charge on any atom is -0.319 e. The van der Waals surface area contributed by atoms with Crippen molar-refractivity contribution in [2.75, 3.05) is 0 Å². The molecule has 0 amide bonds. The van der Waals surface area contributed by atoms with Gasteiger partial charge in [-0.15, -0.1) is 11.3 Å². The molecule has 0 spiro atoms. The summed E-state index contributed by atoms with van der Waals surface area (Å²) in [6, 6.07) is 3.71. The fourth-order valence-electron chi connectivity index (χ4n) is 1.01. The molecule has 0 saturated heterocycles. The maximum atomic E-state index is 11.5. The summed E-state index contributed by atoms with van der Waals surface area (Å²) in [6.45, 7) is 0. The minimum absolute atomic E-state index is 0.118. The lowest BCUT2D eigenvalue weighted by Gasteiger charge is -2.03. The summed E-state index contributed by atoms with van der Waals surface area (Å²) in [7, 11) is 0. The quantitative estimate of drug-likeness (QED) is 0.677. The van der Waals surface area contributed by atoms with Crippen LogP contribution in [-0.2, 0) is 0 Å². The van der Waals surface area contributed by atoms with Crippen molar-refractivity contribution in [1.82, 2.24) is 0 Å². The lowest BCUT2D eigenvalue weighted by molar-refractivity contribution is 0.0953. The molecule has 2 N–H and O–H groups in total. The average Bonchev–Trinajstić information content (AvgIpc) is 2.54. The van der Waals surface area contributed by atoms with Crippen molar-refractivity contribution in [2.45, 2.75) is 18.4 Å². The smallest absolute Gasteiger partial charge is 0.192 e. The van der Waals surface area contributed by atoms with Crippen molar-refractivity contribution in [1.29, 1.82) is 0 Å². The molecule has 0 unspecified atom stereocenters. The van der Waals surface area contributed by atoms with E-state index in [9.17, 15) is 4.79 Å². The SMILES string of the molecule is NC1(C(=O)c2cccs2)CC1. The second kappa shape index (κ2) is 2.16. The lowest BCUT2D eigenvalue weighted by atomic mass is 10.1. The van der Waals surface area contributed by atoms with Crippen LogP contribution in [-0.4, -0.2) is 11.3 Å². The first kappa shape index (κ1) is 7.00. The molecular weight excluding hydrogens is 158 g/mol. The van der Waals surface area contributed by atoms with E-state index in [1.165, 1.54) is 11.3 Å². The highest BCUT2D eigenvalue weighted by atomic mass is 32.1. The Hall–Kier alpha value is -0.670. The number of nitrogens with two attached hydrogens (primary N) is 1. The standard InChI is InChI=1S/C8H9NOS/c9-8(3-4-8)7(10)6-2-1-5-11-6/h1-2,5H,3-4,9H2. The maximum absolute atomic E-state index is 11.5. The number of thiophene rings is 1. The third kappa shape index (κ3) is 1.10. The number of rotatable bonds is 2. The van der Waals surface area contributed by atoms with Gasteiger partial charge < -0.3 is 5.73 Å². The Balaban J connectivity index is 2.24. The van der Waals surface area contributed by atoms with Gasteiger partial charge in [0.2, 0.25) is 0 Å². The number of hydrogen-bond acceptors (Lipinski definition) is 3. The Morgan fingerprint density at radius 1 is 1.64 bits per heavy atom. The van der Waals surface area contributed by atoms with E-state index in [1.807, 2.05) is 17.5 Å². The van der Waals surface area contributed by atoms with Gasteiger partial charge in [0.1, 0.15) is 0 Å². The Bertz CT molecular complexity index is 274. The third-order valence-electron chi connectivity index (χ3n) is 1.99. The van der Waals surface area contributed by atoms with Crippen LogP contribution in [0.1, 0.15) is 22.5 Å². The minimum atomic E-state index is -0.495. The highest BCUT2D eigenvalue weighted by Crippen LogP contribution is 2.36. The van der Waals surface area contributed by atoms with Crippen LogP contribution in [0, 0.1) is 0 Å². The van der Waals surface area contributed by atoms with Gasteiger partial charge in [-0.1, -0.05) is 6.07 Å². The van der Waals surface area contributed by atoms with Gasteiger partial charge in [0.15, 0.2) is 5.78 Å². The summed E-state index contributed by atoms with van der Waals surface area (Å²) in [5, 5.41) is 1.90. The third-order valence-corrected chi connectivity index (χ3v) is 2.85. The van der Waals surface area contributed by atoms with Gasteiger partial charge in [0.05, 0.1) is 10.4 Å². The fourth-order valence-corrected chi connectivity index (χ4v) is 1.79. The summed E-state index contributed by atoms with van der Waals surface area (Å²) >= 11 is 1.47. The number of hydrogen-bond donors (Lipinski definition) is 1. The largest absolute Gasteiger partial charge is 0.319 e. The highest BCUT2D eigenvalue weighted by Gasteiger charge is 2.46. The van der Waals surface area contributed by atoms with Crippen LogP contribution in [0.5, 0.6) is 0 Å². The molecule has 1 aromatic rings. The first-order valence-corrected chi connectivity index (χ1v) is 4.47. The average molecular weight is 167 g/mol. The first-order valence-electron chi connectivity index (χ1n) is 3.60. The zero-order chi connectivity index (χ0) is 7.90. The van der Waals surface area contributed by atoms with Crippen LogP contribution in [0.15, 0.2) is 17.5 Å². The van der Waals surface area contributed by atoms with Crippen LogP contribution in [0.2, 0.25) is 0 Å². The summed E-state index contributed by atoms with van der Waals surface area (Å²) < 4.78 is 0. The van der Waals surface area contributed by atoms with Gasteiger partial charge in [0.25, 0.3) is 0 Å². The molecule has 3 heteroatoms. The maximum Gasteiger partial charge on any atom is 0.192 e. The molecule has 2 nitrogen and oxygen atoms in total. The van der Waals surface area contributed by atoms with Gasteiger partial charge in [0, 0.05) is 0 Å². The van der Waals surface area contributed by atoms with Crippen molar-refractivity contribution in [2.24, 2.45) is 5.73 Å². The van der Waals surface area contributed by atoms with Crippen molar-refractivity contribution in [3.8, 4) is 0 Å². The Labute approximate surface area is 69.0 Å². The number of Topliss-reactive ketones (excluding diaryl/α,β-unsaturated/α-hetero) is 1. The van der Waals surface area contributed by atoms with Crippen LogP contribution < -0.4 is 5.73 Å². The van der Waals surface area contributed by atoms with Crippen molar-refractivity contribution in [3.05, 3.63) is 22.4 Å². The Kier molecular flexibility index (Phi) is 1.37. The van der Waals surface area contributed by atoms with Crippen molar-refractivity contribution < 1.29 is 4.79 Å². The topological polar surface area (TPSA) is 43.1 Å². The van der Waals surface area contributed by atoms with Crippen molar-refractivity contribution >= 4 is 17.1 Å².